The fourth-order valence-corrected chi connectivity index (χ4v) is 2.99. The molecule has 0 spiro atoms. The van der Waals surface area contributed by atoms with Gasteiger partial charge in [-0.25, -0.2) is 14.8 Å². The third-order valence-electron chi connectivity index (χ3n) is 4.51. The van der Waals surface area contributed by atoms with Crippen molar-refractivity contribution in [3.63, 3.8) is 0 Å². The van der Waals surface area contributed by atoms with E-state index in [1.807, 2.05) is 13.0 Å². The first-order chi connectivity index (χ1) is 15.4. The third-order valence-corrected chi connectivity index (χ3v) is 4.51. The molecule has 11 heteroatoms. The first kappa shape index (κ1) is 24.1. The quantitative estimate of drug-likeness (QED) is 0.666. The highest BCUT2D eigenvalue weighted by molar-refractivity contribution is 6.04. The van der Waals surface area contributed by atoms with E-state index in [1.54, 1.807) is 26.8 Å². The Labute approximate surface area is 189 Å². The van der Waals surface area contributed by atoms with Crippen molar-refractivity contribution in [1.82, 2.24) is 20.3 Å². The number of alkyl carbamates (subject to hydrolysis) is 1. The summed E-state index contributed by atoms with van der Waals surface area (Å²) in [6.45, 7) is 6.65. The van der Waals surface area contributed by atoms with Gasteiger partial charge in [-0.05, 0) is 44.9 Å². The molecule has 0 saturated carbocycles. The lowest BCUT2D eigenvalue weighted by Crippen LogP contribution is -2.32. The fraction of sp³-hybridized carbons (Fsp3) is 0.409. The highest BCUT2D eigenvalue weighted by Crippen LogP contribution is 2.34. The molecule has 1 atom stereocenters. The maximum Gasteiger partial charge on any atom is 0.416 e. The summed E-state index contributed by atoms with van der Waals surface area (Å²) in [7, 11) is 0. The van der Waals surface area contributed by atoms with Gasteiger partial charge < -0.3 is 15.4 Å². The van der Waals surface area contributed by atoms with E-state index in [2.05, 4.69) is 30.6 Å². The standard InChI is InChI=1S/C22H25F3N6O2/c1-5-15-8-9-17(29-15)30-19-28-12-27-18(31-19)13-6-7-14(16(10-13)22(23,24)25)11-26-20(32)33-21(2,3)4/h6-10,12,15H,5,11H2,1-4H3,(H,26,32)(H,27,28,29,30,31)/t15-/m1/s1. The lowest BCUT2D eigenvalue weighted by Gasteiger charge is -2.20. The van der Waals surface area contributed by atoms with Crippen LogP contribution in [0.15, 0.2) is 41.7 Å². The number of carbonyl (C=O) groups excluding carboxylic acids is 1. The van der Waals surface area contributed by atoms with Crippen LogP contribution in [0.25, 0.3) is 11.4 Å². The summed E-state index contributed by atoms with van der Waals surface area (Å²) in [6.07, 6.45) is 0.345. The molecule has 33 heavy (non-hydrogen) atoms. The maximum atomic E-state index is 13.7. The average molecular weight is 462 g/mol. The van der Waals surface area contributed by atoms with Crippen molar-refractivity contribution >= 4 is 17.9 Å². The molecular weight excluding hydrogens is 437 g/mol. The van der Waals surface area contributed by atoms with Crippen LogP contribution in [0.2, 0.25) is 0 Å². The number of halogens is 3. The van der Waals surface area contributed by atoms with Crippen LogP contribution in [0.3, 0.4) is 0 Å². The van der Waals surface area contributed by atoms with Gasteiger partial charge in [-0.3, -0.25) is 4.99 Å². The molecule has 0 fully saturated rings. The van der Waals surface area contributed by atoms with Gasteiger partial charge in [-0.15, -0.1) is 0 Å². The molecule has 0 bridgehead atoms. The van der Waals surface area contributed by atoms with E-state index < -0.39 is 23.4 Å². The van der Waals surface area contributed by atoms with Gasteiger partial charge in [0.25, 0.3) is 0 Å². The maximum absolute atomic E-state index is 13.7. The second-order valence-electron chi connectivity index (χ2n) is 8.33. The lowest BCUT2D eigenvalue weighted by atomic mass is 10.0. The van der Waals surface area contributed by atoms with Crippen molar-refractivity contribution in [2.24, 2.45) is 4.99 Å². The zero-order valence-electron chi connectivity index (χ0n) is 18.7. The highest BCUT2D eigenvalue weighted by Gasteiger charge is 2.34. The molecule has 176 valence electrons. The molecule has 3 rings (SSSR count). The molecule has 8 nitrogen and oxygen atoms in total. The summed E-state index contributed by atoms with van der Waals surface area (Å²) >= 11 is 0. The van der Waals surface area contributed by atoms with Crippen LogP contribution in [-0.4, -0.2) is 38.5 Å². The van der Waals surface area contributed by atoms with Crippen LogP contribution in [-0.2, 0) is 17.5 Å². The molecule has 1 aromatic carbocycles. The largest absolute Gasteiger partial charge is 0.444 e. The van der Waals surface area contributed by atoms with Crippen LogP contribution < -0.4 is 10.6 Å². The topological polar surface area (TPSA) is 101 Å². The number of aliphatic imine (C=N–C) groups is 1. The summed E-state index contributed by atoms with van der Waals surface area (Å²) in [6, 6.07) is 3.76. The zero-order chi connectivity index (χ0) is 24.2. The molecule has 0 aliphatic carbocycles. The van der Waals surface area contributed by atoms with E-state index in [-0.39, 0.29) is 35.5 Å². The van der Waals surface area contributed by atoms with E-state index in [1.165, 1.54) is 18.5 Å². The van der Waals surface area contributed by atoms with Crippen molar-refractivity contribution < 1.29 is 22.7 Å². The highest BCUT2D eigenvalue weighted by atomic mass is 19.4. The van der Waals surface area contributed by atoms with Crippen LogP contribution in [0.4, 0.5) is 23.9 Å². The van der Waals surface area contributed by atoms with Gasteiger partial charge >= 0.3 is 12.3 Å². The van der Waals surface area contributed by atoms with Crippen LogP contribution in [0.5, 0.6) is 0 Å². The summed E-state index contributed by atoms with van der Waals surface area (Å²) in [5, 5.41) is 5.29. The number of anilines is 1. The summed E-state index contributed by atoms with van der Waals surface area (Å²) in [5.41, 5.74) is -1.62. The van der Waals surface area contributed by atoms with E-state index in [9.17, 15) is 18.0 Å². The van der Waals surface area contributed by atoms with Crippen molar-refractivity contribution in [3.8, 4) is 11.4 Å². The second-order valence-corrected chi connectivity index (χ2v) is 8.33. The number of benzene rings is 1. The number of rotatable bonds is 5. The Morgan fingerprint density at radius 3 is 2.58 bits per heavy atom. The Kier molecular flexibility index (Phi) is 6.99. The summed E-state index contributed by atoms with van der Waals surface area (Å²) in [5.74, 6) is 0.808. The minimum absolute atomic E-state index is 0.0688. The molecule has 1 aliphatic heterocycles. The minimum atomic E-state index is -4.65. The van der Waals surface area contributed by atoms with Gasteiger partial charge in [0.2, 0.25) is 5.95 Å². The molecule has 0 saturated heterocycles. The molecule has 2 aromatic rings. The van der Waals surface area contributed by atoms with Gasteiger partial charge in [0, 0.05) is 12.1 Å². The number of amides is 1. The SMILES string of the molecule is CC[C@@H]1C=CC(Nc2ncnc(-c3ccc(CNC(=O)OC(C)(C)C)c(C(F)(F)F)c3)n2)=N1. The Morgan fingerprint density at radius 2 is 1.94 bits per heavy atom. The van der Waals surface area contributed by atoms with Gasteiger partial charge in [0.05, 0.1) is 11.6 Å². The van der Waals surface area contributed by atoms with Gasteiger partial charge in [0.1, 0.15) is 17.8 Å². The predicted octanol–water partition coefficient (Wildman–Crippen LogP) is 4.74. The van der Waals surface area contributed by atoms with Crippen molar-refractivity contribution in [1.29, 1.82) is 0 Å². The van der Waals surface area contributed by atoms with Crippen molar-refractivity contribution in [3.05, 3.63) is 47.8 Å². The van der Waals surface area contributed by atoms with Gasteiger partial charge in [-0.2, -0.15) is 18.2 Å². The summed E-state index contributed by atoms with van der Waals surface area (Å²) in [4.78, 5) is 28.5. The van der Waals surface area contributed by atoms with Crippen LogP contribution >= 0.6 is 0 Å². The van der Waals surface area contributed by atoms with Crippen LogP contribution in [0, 0.1) is 0 Å². The van der Waals surface area contributed by atoms with E-state index in [0.717, 1.165) is 12.5 Å². The van der Waals surface area contributed by atoms with Gasteiger partial charge in [0.15, 0.2) is 5.82 Å². The summed E-state index contributed by atoms with van der Waals surface area (Å²) < 4.78 is 46.3. The van der Waals surface area contributed by atoms with Crippen molar-refractivity contribution in [2.75, 3.05) is 5.32 Å². The monoisotopic (exact) mass is 462 g/mol. The first-order valence-electron chi connectivity index (χ1n) is 10.3. The number of nitrogens with one attached hydrogen (secondary N) is 2. The number of nitrogens with zero attached hydrogens (tertiary/aromatic N) is 4. The molecule has 1 amide bonds. The fourth-order valence-electron chi connectivity index (χ4n) is 2.99. The number of carbonyl (C=O) groups is 1. The Hall–Kier alpha value is -3.50. The Morgan fingerprint density at radius 1 is 1.18 bits per heavy atom. The number of amidine groups is 1. The van der Waals surface area contributed by atoms with Gasteiger partial charge in [-0.1, -0.05) is 25.1 Å². The second kappa shape index (κ2) is 9.55. The molecular formula is C22H25F3N6O2. The zero-order valence-corrected chi connectivity index (χ0v) is 18.7. The first-order valence-corrected chi connectivity index (χ1v) is 10.3. The predicted molar refractivity (Wildman–Crippen MR) is 118 cm³/mol. The Bertz CT molecular complexity index is 1080. The third kappa shape index (κ3) is 6.74. The molecule has 2 N–H and O–H groups in total. The minimum Gasteiger partial charge on any atom is -0.444 e. The Balaban J connectivity index is 1.82. The molecule has 1 aliphatic rings. The van der Waals surface area contributed by atoms with Crippen molar-refractivity contribution in [2.45, 2.75) is 58.5 Å². The molecule has 1 aromatic heterocycles. The lowest BCUT2D eigenvalue weighted by molar-refractivity contribution is -0.138. The number of ether oxygens (including phenoxy) is 1. The van der Waals surface area contributed by atoms with Crippen LogP contribution in [0.1, 0.15) is 45.2 Å². The number of alkyl halides is 3. The number of hydrogen-bond acceptors (Lipinski definition) is 7. The number of hydrogen-bond donors (Lipinski definition) is 2. The normalized spacial score (nSPS) is 15.8. The average Bonchev–Trinajstić information content (AvgIpc) is 3.18. The smallest absolute Gasteiger partial charge is 0.416 e. The van der Waals surface area contributed by atoms with E-state index in [4.69, 9.17) is 4.74 Å². The molecule has 0 unspecified atom stereocenters. The molecule has 2 heterocycles. The number of aromatic nitrogens is 3. The van der Waals surface area contributed by atoms with E-state index in [0.29, 0.717) is 5.84 Å². The van der Waals surface area contributed by atoms with E-state index >= 15 is 0 Å². The molecule has 0 radical (unpaired) electrons.